The summed E-state index contributed by atoms with van der Waals surface area (Å²) in [6.45, 7) is 4.53. The van der Waals surface area contributed by atoms with Crippen molar-refractivity contribution in [2.24, 2.45) is 5.92 Å². The van der Waals surface area contributed by atoms with Crippen molar-refractivity contribution in [3.8, 4) is 0 Å². The zero-order chi connectivity index (χ0) is 17.2. The second-order valence-corrected chi connectivity index (χ2v) is 6.31. The molecule has 2 nitrogen and oxygen atoms in total. The van der Waals surface area contributed by atoms with Crippen LogP contribution in [0.15, 0.2) is 36.5 Å². The fourth-order valence-electron chi connectivity index (χ4n) is 2.39. The SMILES string of the molecule is CCCCC(C)C=CCC=CCC=CCCCCCCC(=O)O. The van der Waals surface area contributed by atoms with Crippen LogP contribution in [0.25, 0.3) is 0 Å². The van der Waals surface area contributed by atoms with E-state index in [0.717, 1.165) is 44.9 Å². The molecule has 1 atom stereocenters. The van der Waals surface area contributed by atoms with E-state index in [1.807, 2.05) is 0 Å². The predicted octanol–water partition coefficient (Wildman–Crippen LogP) is 6.69. The molecule has 0 heterocycles. The van der Waals surface area contributed by atoms with Crippen LogP contribution in [0.3, 0.4) is 0 Å². The van der Waals surface area contributed by atoms with Crippen molar-refractivity contribution in [1.82, 2.24) is 0 Å². The van der Waals surface area contributed by atoms with Gasteiger partial charge >= 0.3 is 5.97 Å². The van der Waals surface area contributed by atoms with Crippen LogP contribution in [0.4, 0.5) is 0 Å². The molecule has 1 unspecified atom stereocenters. The van der Waals surface area contributed by atoms with Gasteiger partial charge in [-0.2, -0.15) is 0 Å². The summed E-state index contributed by atoms with van der Waals surface area (Å²) < 4.78 is 0. The van der Waals surface area contributed by atoms with Crippen LogP contribution in [0.2, 0.25) is 0 Å². The summed E-state index contributed by atoms with van der Waals surface area (Å²) in [5.74, 6) is 0.0284. The Morgan fingerprint density at radius 2 is 1.57 bits per heavy atom. The third-order valence-corrected chi connectivity index (χ3v) is 3.87. The quantitative estimate of drug-likeness (QED) is 0.270. The number of hydrogen-bond acceptors (Lipinski definition) is 1. The van der Waals surface area contributed by atoms with E-state index < -0.39 is 5.97 Å². The lowest BCUT2D eigenvalue weighted by Crippen LogP contribution is -1.93. The smallest absolute Gasteiger partial charge is 0.303 e. The summed E-state index contributed by atoms with van der Waals surface area (Å²) in [6.07, 6.45) is 25.1. The highest BCUT2D eigenvalue weighted by atomic mass is 16.4. The molecule has 0 rings (SSSR count). The number of aliphatic carboxylic acids is 1. The molecule has 0 aromatic carbocycles. The van der Waals surface area contributed by atoms with Crippen LogP contribution < -0.4 is 0 Å². The normalized spacial score (nSPS) is 13.5. The van der Waals surface area contributed by atoms with Gasteiger partial charge in [-0.15, -0.1) is 0 Å². The highest BCUT2D eigenvalue weighted by Gasteiger charge is 1.95. The lowest BCUT2D eigenvalue weighted by Gasteiger charge is -2.02. The molecule has 0 fully saturated rings. The highest BCUT2D eigenvalue weighted by molar-refractivity contribution is 5.66. The van der Waals surface area contributed by atoms with E-state index in [1.165, 1.54) is 19.3 Å². The number of unbranched alkanes of at least 4 members (excludes halogenated alkanes) is 5. The van der Waals surface area contributed by atoms with Crippen molar-refractivity contribution in [1.29, 1.82) is 0 Å². The summed E-state index contributed by atoms with van der Waals surface area (Å²) in [5, 5.41) is 8.53. The second kappa shape index (κ2) is 17.1. The van der Waals surface area contributed by atoms with Crippen LogP contribution in [-0.2, 0) is 4.79 Å². The van der Waals surface area contributed by atoms with E-state index in [-0.39, 0.29) is 0 Å². The summed E-state index contributed by atoms with van der Waals surface area (Å²) in [6, 6.07) is 0. The Morgan fingerprint density at radius 3 is 2.26 bits per heavy atom. The second-order valence-electron chi connectivity index (χ2n) is 6.31. The molecule has 0 aromatic rings. The van der Waals surface area contributed by atoms with Gasteiger partial charge in [0.1, 0.15) is 0 Å². The van der Waals surface area contributed by atoms with Crippen LogP contribution in [0.5, 0.6) is 0 Å². The molecular weight excluding hydrogens is 284 g/mol. The van der Waals surface area contributed by atoms with E-state index in [9.17, 15) is 4.79 Å². The van der Waals surface area contributed by atoms with Gasteiger partial charge in [0.2, 0.25) is 0 Å². The molecule has 2 heteroatoms. The topological polar surface area (TPSA) is 37.3 Å². The monoisotopic (exact) mass is 320 g/mol. The van der Waals surface area contributed by atoms with Crippen LogP contribution in [0.1, 0.15) is 84.5 Å². The predicted molar refractivity (Wildman–Crippen MR) is 101 cm³/mol. The van der Waals surface area contributed by atoms with Crippen LogP contribution in [0, 0.1) is 5.92 Å². The zero-order valence-corrected chi connectivity index (χ0v) is 15.2. The first-order valence-electron chi connectivity index (χ1n) is 9.35. The van der Waals surface area contributed by atoms with E-state index in [2.05, 4.69) is 50.3 Å². The Kier molecular flexibility index (Phi) is 16.1. The molecular formula is C21H36O2. The number of carboxylic acid groups (broad SMARTS) is 1. The minimum Gasteiger partial charge on any atom is -0.481 e. The standard InChI is InChI=1S/C21H36O2/c1-3-4-17-20(2)18-15-13-11-9-7-5-6-8-10-12-14-16-19-21(22)23/h5-6,9,11,15,18,20H,3-4,7-8,10,12-14,16-17,19H2,1-2H3,(H,22,23). The fourth-order valence-corrected chi connectivity index (χ4v) is 2.39. The van der Waals surface area contributed by atoms with Crippen molar-refractivity contribution in [3.63, 3.8) is 0 Å². The maximum atomic E-state index is 10.4. The lowest BCUT2D eigenvalue weighted by atomic mass is 10.0. The van der Waals surface area contributed by atoms with E-state index in [1.54, 1.807) is 0 Å². The van der Waals surface area contributed by atoms with Gasteiger partial charge in [0, 0.05) is 6.42 Å². The van der Waals surface area contributed by atoms with Crippen molar-refractivity contribution in [3.05, 3.63) is 36.5 Å². The van der Waals surface area contributed by atoms with Crippen molar-refractivity contribution >= 4 is 5.97 Å². The molecule has 132 valence electrons. The zero-order valence-electron chi connectivity index (χ0n) is 15.2. The van der Waals surface area contributed by atoms with Gasteiger partial charge in [-0.1, -0.05) is 76.0 Å². The number of rotatable bonds is 15. The van der Waals surface area contributed by atoms with Gasteiger partial charge in [0.15, 0.2) is 0 Å². The van der Waals surface area contributed by atoms with Crippen LogP contribution in [-0.4, -0.2) is 11.1 Å². The Labute approximate surface area is 143 Å². The summed E-state index contributed by atoms with van der Waals surface area (Å²) in [5.41, 5.74) is 0. The lowest BCUT2D eigenvalue weighted by molar-refractivity contribution is -0.137. The van der Waals surface area contributed by atoms with Gasteiger partial charge in [0.25, 0.3) is 0 Å². The third kappa shape index (κ3) is 18.6. The first-order valence-corrected chi connectivity index (χ1v) is 9.35. The van der Waals surface area contributed by atoms with Crippen LogP contribution >= 0.6 is 0 Å². The minimum absolute atomic E-state index is 0.312. The average molecular weight is 321 g/mol. The Morgan fingerprint density at radius 1 is 0.913 bits per heavy atom. The molecule has 0 saturated heterocycles. The summed E-state index contributed by atoms with van der Waals surface area (Å²) in [4.78, 5) is 10.4. The summed E-state index contributed by atoms with van der Waals surface area (Å²) in [7, 11) is 0. The van der Waals surface area contributed by atoms with E-state index in [0.29, 0.717) is 12.3 Å². The van der Waals surface area contributed by atoms with Gasteiger partial charge in [-0.05, 0) is 44.4 Å². The maximum absolute atomic E-state index is 10.4. The molecule has 0 saturated carbocycles. The first kappa shape index (κ1) is 21.7. The highest BCUT2D eigenvalue weighted by Crippen LogP contribution is 2.09. The molecule has 0 radical (unpaired) electrons. The van der Waals surface area contributed by atoms with Gasteiger partial charge < -0.3 is 5.11 Å². The molecule has 0 bridgehead atoms. The van der Waals surface area contributed by atoms with Crippen molar-refractivity contribution < 1.29 is 9.90 Å². The Bertz CT molecular complexity index is 353. The van der Waals surface area contributed by atoms with Gasteiger partial charge in [-0.25, -0.2) is 0 Å². The first-order chi connectivity index (χ1) is 11.2. The number of allylic oxidation sites excluding steroid dienone is 6. The minimum atomic E-state index is -0.679. The van der Waals surface area contributed by atoms with Gasteiger partial charge in [-0.3, -0.25) is 4.79 Å². The Balaban J connectivity index is 3.41. The molecule has 1 N–H and O–H groups in total. The average Bonchev–Trinajstić information content (AvgIpc) is 2.52. The van der Waals surface area contributed by atoms with Crippen molar-refractivity contribution in [2.45, 2.75) is 84.5 Å². The largest absolute Gasteiger partial charge is 0.481 e. The maximum Gasteiger partial charge on any atom is 0.303 e. The molecule has 0 aromatic heterocycles. The third-order valence-electron chi connectivity index (χ3n) is 3.87. The van der Waals surface area contributed by atoms with Gasteiger partial charge in [0.05, 0.1) is 0 Å². The number of carboxylic acids is 1. The molecule has 0 aliphatic heterocycles. The molecule has 0 aliphatic carbocycles. The number of hydrogen-bond donors (Lipinski definition) is 1. The molecule has 0 aliphatic rings. The molecule has 0 amide bonds. The van der Waals surface area contributed by atoms with Crippen molar-refractivity contribution in [2.75, 3.05) is 0 Å². The van der Waals surface area contributed by atoms with E-state index in [4.69, 9.17) is 5.11 Å². The van der Waals surface area contributed by atoms with E-state index >= 15 is 0 Å². The molecule has 0 spiro atoms. The summed E-state index contributed by atoms with van der Waals surface area (Å²) >= 11 is 0. The Hall–Kier alpha value is -1.31. The molecule has 23 heavy (non-hydrogen) atoms. The number of carbonyl (C=O) groups is 1. The fraction of sp³-hybridized carbons (Fsp3) is 0.667.